The summed E-state index contributed by atoms with van der Waals surface area (Å²) in [7, 11) is 0. The number of carbonyl (C=O) groups excluding carboxylic acids is 2. The summed E-state index contributed by atoms with van der Waals surface area (Å²) in [5.41, 5.74) is 5.00. The summed E-state index contributed by atoms with van der Waals surface area (Å²) in [4.78, 5) is 26.2. The van der Waals surface area contributed by atoms with E-state index in [0.717, 1.165) is 12.8 Å². The molecule has 0 radical (unpaired) electrons. The number of amides is 2. The third-order valence-corrected chi connectivity index (χ3v) is 5.24. The molecular formula is C25H25N3O4. The second-order valence-electron chi connectivity index (χ2n) is 7.53. The van der Waals surface area contributed by atoms with Gasteiger partial charge in [-0.25, -0.2) is 5.01 Å². The number of phenols is 1. The van der Waals surface area contributed by atoms with Gasteiger partial charge in [-0.05, 0) is 60.5 Å². The van der Waals surface area contributed by atoms with Crippen molar-refractivity contribution in [2.24, 2.45) is 0 Å². The molecule has 1 heterocycles. The van der Waals surface area contributed by atoms with Crippen molar-refractivity contribution >= 4 is 17.5 Å². The first kappa shape index (κ1) is 21.2. The molecule has 2 amide bonds. The molecule has 3 N–H and O–H groups in total. The van der Waals surface area contributed by atoms with Crippen LogP contribution in [0.4, 0.5) is 5.69 Å². The Morgan fingerprint density at radius 3 is 2.50 bits per heavy atom. The second-order valence-corrected chi connectivity index (χ2v) is 7.53. The number of unbranched alkanes of at least 4 members (excludes halogenated alkanes) is 1. The van der Waals surface area contributed by atoms with Crippen LogP contribution in [-0.4, -0.2) is 28.5 Å². The van der Waals surface area contributed by atoms with Crippen LogP contribution in [0.2, 0.25) is 0 Å². The molecule has 1 unspecified atom stereocenters. The Morgan fingerprint density at radius 2 is 1.78 bits per heavy atom. The lowest BCUT2D eigenvalue weighted by Crippen LogP contribution is -2.52. The Labute approximate surface area is 186 Å². The van der Waals surface area contributed by atoms with Gasteiger partial charge in [-0.3, -0.25) is 15.0 Å². The molecule has 7 nitrogen and oxygen atoms in total. The van der Waals surface area contributed by atoms with E-state index in [1.54, 1.807) is 60.7 Å². The van der Waals surface area contributed by atoms with Crippen LogP contribution < -0.4 is 15.5 Å². The van der Waals surface area contributed by atoms with E-state index in [1.807, 2.05) is 12.1 Å². The van der Waals surface area contributed by atoms with Crippen molar-refractivity contribution < 1.29 is 19.4 Å². The van der Waals surface area contributed by atoms with Gasteiger partial charge in [0, 0.05) is 11.3 Å². The number of aromatic hydroxyl groups is 1. The lowest BCUT2D eigenvalue weighted by molar-refractivity contribution is 0.0491. The van der Waals surface area contributed by atoms with Gasteiger partial charge in [-0.15, -0.1) is 0 Å². The van der Waals surface area contributed by atoms with Crippen molar-refractivity contribution in [3.8, 4) is 11.5 Å². The van der Waals surface area contributed by atoms with E-state index in [9.17, 15) is 14.7 Å². The molecule has 0 aliphatic carbocycles. The van der Waals surface area contributed by atoms with Gasteiger partial charge in [-0.2, -0.15) is 0 Å². The van der Waals surface area contributed by atoms with E-state index in [-0.39, 0.29) is 11.7 Å². The van der Waals surface area contributed by atoms with Crippen molar-refractivity contribution in [1.29, 1.82) is 0 Å². The molecule has 4 rings (SSSR count). The van der Waals surface area contributed by atoms with Crippen molar-refractivity contribution in [2.75, 3.05) is 11.9 Å². The number of hydrogen-bond donors (Lipinski definition) is 3. The topological polar surface area (TPSA) is 90.9 Å². The van der Waals surface area contributed by atoms with Gasteiger partial charge < -0.3 is 15.2 Å². The lowest BCUT2D eigenvalue weighted by Gasteiger charge is -2.37. The van der Waals surface area contributed by atoms with E-state index in [4.69, 9.17) is 4.74 Å². The molecule has 0 spiro atoms. The summed E-state index contributed by atoms with van der Waals surface area (Å²) in [5.74, 6) is 0.0726. The summed E-state index contributed by atoms with van der Waals surface area (Å²) >= 11 is 0. The smallest absolute Gasteiger partial charge is 0.276 e. The van der Waals surface area contributed by atoms with Crippen LogP contribution in [0.1, 0.15) is 52.2 Å². The van der Waals surface area contributed by atoms with Crippen LogP contribution in [0.5, 0.6) is 11.5 Å². The predicted octanol–water partition coefficient (Wildman–Crippen LogP) is 4.48. The zero-order chi connectivity index (χ0) is 22.5. The van der Waals surface area contributed by atoms with Gasteiger partial charge in [0.25, 0.3) is 11.8 Å². The van der Waals surface area contributed by atoms with Crippen molar-refractivity contribution in [3.63, 3.8) is 0 Å². The van der Waals surface area contributed by atoms with Crippen LogP contribution >= 0.6 is 0 Å². The molecule has 0 fully saturated rings. The highest BCUT2D eigenvalue weighted by molar-refractivity contribution is 6.04. The first-order valence-electron chi connectivity index (χ1n) is 10.6. The van der Waals surface area contributed by atoms with Gasteiger partial charge in [0.15, 0.2) is 0 Å². The number of nitrogens with one attached hydrogen (secondary N) is 2. The zero-order valence-corrected chi connectivity index (χ0v) is 17.7. The molecule has 0 saturated carbocycles. The minimum absolute atomic E-state index is 0.119. The van der Waals surface area contributed by atoms with Crippen LogP contribution in [0.3, 0.4) is 0 Å². The highest BCUT2D eigenvalue weighted by atomic mass is 16.5. The van der Waals surface area contributed by atoms with Gasteiger partial charge in [0.05, 0.1) is 12.2 Å². The molecule has 0 bridgehead atoms. The monoisotopic (exact) mass is 431 g/mol. The number of anilines is 1. The normalized spacial score (nSPS) is 15.0. The average Bonchev–Trinajstić information content (AvgIpc) is 2.82. The summed E-state index contributed by atoms with van der Waals surface area (Å²) in [6.45, 7) is 2.72. The number of para-hydroxylation sites is 1. The van der Waals surface area contributed by atoms with Crippen LogP contribution in [-0.2, 0) is 0 Å². The minimum atomic E-state index is -0.640. The van der Waals surface area contributed by atoms with Gasteiger partial charge in [0.2, 0.25) is 0 Å². The molecule has 7 heteroatoms. The van der Waals surface area contributed by atoms with Crippen LogP contribution in [0.25, 0.3) is 0 Å². The molecule has 0 aromatic heterocycles. The second kappa shape index (κ2) is 9.43. The maximum Gasteiger partial charge on any atom is 0.276 e. The number of phenolic OH excluding ortho intramolecular Hbond substituents is 1. The van der Waals surface area contributed by atoms with E-state index < -0.39 is 12.1 Å². The van der Waals surface area contributed by atoms with E-state index >= 15 is 0 Å². The highest BCUT2D eigenvalue weighted by Crippen LogP contribution is 2.32. The van der Waals surface area contributed by atoms with Crippen molar-refractivity contribution in [3.05, 3.63) is 89.5 Å². The molecule has 3 aromatic carbocycles. The molecule has 1 atom stereocenters. The van der Waals surface area contributed by atoms with Crippen molar-refractivity contribution in [2.45, 2.75) is 25.9 Å². The summed E-state index contributed by atoms with van der Waals surface area (Å²) in [6.07, 6.45) is 1.37. The number of fused-ring (bicyclic) bond motifs is 1. The third kappa shape index (κ3) is 4.51. The largest absolute Gasteiger partial charge is 0.508 e. The van der Waals surface area contributed by atoms with E-state index in [0.29, 0.717) is 34.7 Å². The van der Waals surface area contributed by atoms with Crippen LogP contribution in [0.15, 0.2) is 72.8 Å². The van der Waals surface area contributed by atoms with E-state index in [1.165, 1.54) is 5.01 Å². The van der Waals surface area contributed by atoms with Crippen LogP contribution in [0, 0.1) is 0 Å². The maximum atomic E-state index is 13.2. The molecule has 1 aliphatic rings. The Hall–Kier alpha value is -4.00. The fourth-order valence-electron chi connectivity index (χ4n) is 3.47. The minimum Gasteiger partial charge on any atom is -0.508 e. The average molecular weight is 431 g/mol. The first-order valence-corrected chi connectivity index (χ1v) is 10.6. The number of carbonyl (C=O) groups is 2. The number of hydrogen-bond acceptors (Lipinski definition) is 5. The maximum absolute atomic E-state index is 13.2. The van der Waals surface area contributed by atoms with Gasteiger partial charge >= 0.3 is 0 Å². The van der Waals surface area contributed by atoms with Gasteiger partial charge in [0.1, 0.15) is 17.7 Å². The fraction of sp³-hybridized carbons (Fsp3) is 0.200. The summed E-state index contributed by atoms with van der Waals surface area (Å²) in [5, 5.41) is 14.2. The highest BCUT2D eigenvalue weighted by Gasteiger charge is 2.34. The zero-order valence-electron chi connectivity index (χ0n) is 17.7. The first-order chi connectivity index (χ1) is 15.6. The Balaban J connectivity index is 1.57. The standard InChI is InChI=1S/C25H25N3O4/c1-2-3-16-32-20-14-10-18(11-15-20)24(30)27-28-23(17-8-12-19(29)13-9-17)26-22-7-5-4-6-21(22)25(28)31/h4-15,23,26,29H,2-3,16H2,1H3,(H,27,30). The number of ether oxygens (including phenoxy) is 1. The third-order valence-electron chi connectivity index (χ3n) is 5.24. The molecule has 0 saturated heterocycles. The number of rotatable bonds is 7. The number of hydrazine groups is 1. The molecule has 3 aromatic rings. The fourth-order valence-corrected chi connectivity index (χ4v) is 3.47. The number of benzene rings is 3. The Bertz CT molecular complexity index is 1100. The lowest BCUT2D eigenvalue weighted by atomic mass is 10.0. The summed E-state index contributed by atoms with van der Waals surface area (Å²) < 4.78 is 5.65. The number of nitrogens with zero attached hydrogens (tertiary/aromatic N) is 1. The summed E-state index contributed by atoms with van der Waals surface area (Å²) in [6, 6.07) is 20.5. The molecular weight excluding hydrogens is 406 g/mol. The quantitative estimate of drug-likeness (QED) is 0.480. The van der Waals surface area contributed by atoms with Gasteiger partial charge in [-0.1, -0.05) is 37.6 Å². The molecule has 164 valence electrons. The SMILES string of the molecule is CCCCOc1ccc(C(=O)NN2C(=O)c3ccccc3NC2c2ccc(O)cc2)cc1. The Kier molecular flexibility index (Phi) is 6.26. The van der Waals surface area contributed by atoms with Crippen molar-refractivity contribution in [1.82, 2.24) is 10.4 Å². The Morgan fingerprint density at radius 1 is 1.06 bits per heavy atom. The predicted molar refractivity (Wildman–Crippen MR) is 121 cm³/mol. The molecule has 1 aliphatic heterocycles. The van der Waals surface area contributed by atoms with E-state index in [2.05, 4.69) is 17.7 Å². The molecule has 32 heavy (non-hydrogen) atoms.